The van der Waals surface area contributed by atoms with Crippen molar-refractivity contribution in [3.63, 3.8) is 0 Å². The molecule has 0 spiro atoms. The van der Waals surface area contributed by atoms with Crippen molar-refractivity contribution in [1.82, 2.24) is 10.6 Å². The number of ether oxygens (including phenoxy) is 1. The molecule has 2 rings (SSSR count). The summed E-state index contributed by atoms with van der Waals surface area (Å²) < 4.78 is 5.72. The molecule has 1 aromatic rings. The highest BCUT2D eigenvalue weighted by Crippen LogP contribution is 2.33. The standard InChI is InChI=1S/C16H24N2O2/c1-3-18-15-9-6-12-11-13(7-8-14(12)15)20-10-4-5-16(19)17-2/h7-8,11,15,18H,3-6,9-10H2,1-2H3,(H,17,19). The minimum absolute atomic E-state index is 0.0658. The Kier molecular flexibility index (Phi) is 5.41. The first-order chi connectivity index (χ1) is 9.74. The highest BCUT2D eigenvalue weighted by Gasteiger charge is 2.21. The van der Waals surface area contributed by atoms with E-state index in [0.29, 0.717) is 19.1 Å². The molecule has 0 fully saturated rings. The lowest BCUT2D eigenvalue weighted by atomic mass is 10.1. The highest BCUT2D eigenvalue weighted by molar-refractivity contribution is 5.75. The Morgan fingerprint density at radius 3 is 3.05 bits per heavy atom. The molecule has 1 aliphatic rings. The van der Waals surface area contributed by atoms with E-state index in [9.17, 15) is 4.79 Å². The molecule has 1 amide bonds. The van der Waals surface area contributed by atoms with Crippen molar-refractivity contribution >= 4 is 5.91 Å². The zero-order chi connectivity index (χ0) is 14.4. The fraction of sp³-hybridized carbons (Fsp3) is 0.562. The summed E-state index contributed by atoms with van der Waals surface area (Å²) in [6.07, 6.45) is 3.55. The SMILES string of the molecule is CCNC1CCc2cc(OCCCC(=O)NC)ccc21. The van der Waals surface area contributed by atoms with Gasteiger partial charge in [0.2, 0.25) is 5.91 Å². The van der Waals surface area contributed by atoms with Gasteiger partial charge in [-0.05, 0) is 49.1 Å². The lowest BCUT2D eigenvalue weighted by Gasteiger charge is -2.13. The summed E-state index contributed by atoms with van der Waals surface area (Å²) in [4.78, 5) is 11.1. The summed E-state index contributed by atoms with van der Waals surface area (Å²) in [7, 11) is 1.66. The third-order valence-electron chi connectivity index (χ3n) is 3.74. The van der Waals surface area contributed by atoms with Crippen LogP contribution in [0.2, 0.25) is 0 Å². The van der Waals surface area contributed by atoms with Crippen molar-refractivity contribution in [1.29, 1.82) is 0 Å². The Labute approximate surface area is 120 Å². The first-order valence-corrected chi connectivity index (χ1v) is 7.44. The van der Waals surface area contributed by atoms with Crippen molar-refractivity contribution in [3.8, 4) is 5.75 Å². The van der Waals surface area contributed by atoms with Gasteiger partial charge in [-0.1, -0.05) is 13.0 Å². The number of hydrogen-bond acceptors (Lipinski definition) is 3. The average molecular weight is 276 g/mol. The molecular formula is C16H24N2O2. The Morgan fingerprint density at radius 1 is 1.45 bits per heavy atom. The van der Waals surface area contributed by atoms with E-state index in [-0.39, 0.29) is 5.91 Å². The molecule has 20 heavy (non-hydrogen) atoms. The van der Waals surface area contributed by atoms with Crippen LogP contribution >= 0.6 is 0 Å². The minimum Gasteiger partial charge on any atom is -0.494 e. The van der Waals surface area contributed by atoms with Crippen molar-refractivity contribution < 1.29 is 9.53 Å². The minimum atomic E-state index is 0.0658. The monoisotopic (exact) mass is 276 g/mol. The second-order valence-corrected chi connectivity index (χ2v) is 5.13. The van der Waals surface area contributed by atoms with Crippen LogP contribution in [0.15, 0.2) is 18.2 Å². The van der Waals surface area contributed by atoms with E-state index < -0.39 is 0 Å². The zero-order valence-corrected chi connectivity index (χ0v) is 12.4. The summed E-state index contributed by atoms with van der Waals surface area (Å²) >= 11 is 0. The normalized spacial score (nSPS) is 16.8. The van der Waals surface area contributed by atoms with Gasteiger partial charge in [0, 0.05) is 19.5 Å². The van der Waals surface area contributed by atoms with Gasteiger partial charge < -0.3 is 15.4 Å². The van der Waals surface area contributed by atoms with Crippen molar-refractivity contribution in [3.05, 3.63) is 29.3 Å². The molecule has 110 valence electrons. The number of amides is 1. The summed E-state index contributed by atoms with van der Waals surface area (Å²) in [5.74, 6) is 0.980. The average Bonchev–Trinajstić information content (AvgIpc) is 2.86. The van der Waals surface area contributed by atoms with Gasteiger partial charge in [-0.2, -0.15) is 0 Å². The van der Waals surface area contributed by atoms with E-state index in [1.165, 1.54) is 17.5 Å². The van der Waals surface area contributed by atoms with Crippen LogP contribution in [0.3, 0.4) is 0 Å². The molecule has 1 aromatic carbocycles. The molecule has 0 saturated heterocycles. The van der Waals surface area contributed by atoms with E-state index in [1.807, 2.05) is 6.07 Å². The smallest absolute Gasteiger partial charge is 0.219 e. The highest BCUT2D eigenvalue weighted by atomic mass is 16.5. The van der Waals surface area contributed by atoms with Gasteiger partial charge in [0.05, 0.1) is 6.61 Å². The summed E-state index contributed by atoms with van der Waals surface area (Å²) in [5.41, 5.74) is 2.80. The number of aryl methyl sites for hydroxylation is 1. The van der Waals surface area contributed by atoms with Gasteiger partial charge in [-0.25, -0.2) is 0 Å². The number of carbonyl (C=O) groups excluding carboxylic acids is 1. The van der Waals surface area contributed by atoms with Gasteiger partial charge >= 0.3 is 0 Å². The molecule has 0 aliphatic heterocycles. The molecule has 4 heteroatoms. The van der Waals surface area contributed by atoms with Crippen LogP contribution in [0, 0.1) is 0 Å². The lowest BCUT2D eigenvalue weighted by Crippen LogP contribution is -2.18. The first kappa shape index (κ1) is 14.9. The van der Waals surface area contributed by atoms with E-state index in [0.717, 1.165) is 25.1 Å². The maximum Gasteiger partial charge on any atom is 0.219 e. The molecule has 0 heterocycles. The maximum atomic E-state index is 11.1. The third kappa shape index (κ3) is 3.73. The number of nitrogens with one attached hydrogen (secondary N) is 2. The van der Waals surface area contributed by atoms with E-state index in [2.05, 4.69) is 29.7 Å². The van der Waals surface area contributed by atoms with Crippen LogP contribution in [0.4, 0.5) is 0 Å². The van der Waals surface area contributed by atoms with Crippen LogP contribution in [-0.4, -0.2) is 26.1 Å². The van der Waals surface area contributed by atoms with Crippen molar-refractivity contribution in [2.45, 2.75) is 38.6 Å². The van der Waals surface area contributed by atoms with Crippen molar-refractivity contribution in [2.75, 3.05) is 20.2 Å². The fourth-order valence-electron chi connectivity index (χ4n) is 2.69. The molecule has 0 radical (unpaired) electrons. The van der Waals surface area contributed by atoms with E-state index in [4.69, 9.17) is 4.74 Å². The van der Waals surface area contributed by atoms with Crippen LogP contribution in [0.5, 0.6) is 5.75 Å². The largest absolute Gasteiger partial charge is 0.494 e. The van der Waals surface area contributed by atoms with Crippen LogP contribution in [0.25, 0.3) is 0 Å². The number of carbonyl (C=O) groups is 1. The number of hydrogen-bond donors (Lipinski definition) is 2. The molecule has 0 saturated carbocycles. The predicted octanol–water partition coefficient (Wildman–Crippen LogP) is 2.19. The quantitative estimate of drug-likeness (QED) is 0.751. The molecule has 1 unspecified atom stereocenters. The van der Waals surface area contributed by atoms with E-state index in [1.54, 1.807) is 7.05 Å². The third-order valence-corrected chi connectivity index (χ3v) is 3.74. The molecule has 4 nitrogen and oxygen atoms in total. The van der Waals surface area contributed by atoms with Gasteiger partial charge in [0.25, 0.3) is 0 Å². The zero-order valence-electron chi connectivity index (χ0n) is 12.4. The number of rotatable bonds is 7. The van der Waals surface area contributed by atoms with Crippen LogP contribution < -0.4 is 15.4 Å². The summed E-state index contributed by atoms with van der Waals surface area (Å²) in [5, 5.41) is 6.12. The van der Waals surface area contributed by atoms with Gasteiger partial charge in [0.15, 0.2) is 0 Å². The Balaban J connectivity index is 1.84. The molecule has 1 atom stereocenters. The molecular weight excluding hydrogens is 252 g/mol. The summed E-state index contributed by atoms with van der Waals surface area (Å²) in [6.45, 7) is 3.73. The van der Waals surface area contributed by atoms with Crippen molar-refractivity contribution in [2.24, 2.45) is 0 Å². The summed E-state index contributed by atoms with van der Waals surface area (Å²) in [6, 6.07) is 6.85. The van der Waals surface area contributed by atoms with Gasteiger partial charge in [-0.3, -0.25) is 4.79 Å². The Bertz CT molecular complexity index is 460. The molecule has 0 aromatic heterocycles. The molecule has 1 aliphatic carbocycles. The topological polar surface area (TPSA) is 50.4 Å². The van der Waals surface area contributed by atoms with Crippen LogP contribution in [-0.2, 0) is 11.2 Å². The van der Waals surface area contributed by atoms with Gasteiger partial charge in [0.1, 0.15) is 5.75 Å². The number of benzene rings is 1. The second-order valence-electron chi connectivity index (χ2n) is 5.13. The fourth-order valence-corrected chi connectivity index (χ4v) is 2.69. The molecule has 0 bridgehead atoms. The Hall–Kier alpha value is -1.55. The van der Waals surface area contributed by atoms with Crippen LogP contribution in [0.1, 0.15) is 43.4 Å². The Morgan fingerprint density at radius 2 is 2.30 bits per heavy atom. The number of fused-ring (bicyclic) bond motifs is 1. The van der Waals surface area contributed by atoms with Gasteiger partial charge in [-0.15, -0.1) is 0 Å². The first-order valence-electron chi connectivity index (χ1n) is 7.44. The van der Waals surface area contributed by atoms with E-state index >= 15 is 0 Å². The second kappa shape index (κ2) is 7.29. The lowest BCUT2D eigenvalue weighted by molar-refractivity contribution is -0.120. The predicted molar refractivity (Wildman–Crippen MR) is 80.0 cm³/mol. The molecule has 2 N–H and O–H groups in total. The maximum absolute atomic E-state index is 11.1.